The van der Waals surface area contributed by atoms with Gasteiger partial charge in [-0.3, -0.25) is 9.69 Å². The van der Waals surface area contributed by atoms with Crippen molar-refractivity contribution in [3.8, 4) is 0 Å². The second-order valence-corrected chi connectivity index (χ2v) is 6.50. The fourth-order valence-corrected chi connectivity index (χ4v) is 3.22. The highest BCUT2D eigenvalue weighted by molar-refractivity contribution is 9.10. The lowest BCUT2D eigenvalue weighted by Gasteiger charge is -2.29. The maximum atomic E-state index is 11.6. The molecule has 1 unspecified atom stereocenters. The van der Waals surface area contributed by atoms with Gasteiger partial charge in [0, 0.05) is 17.6 Å². The van der Waals surface area contributed by atoms with E-state index in [4.69, 9.17) is 4.74 Å². The average molecular weight is 392 g/mol. The van der Waals surface area contributed by atoms with Gasteiger partial charge >= 0.3 is 5.97 Å². The molecule has 1 atom stereocenters. The summed E-state index contributed by atoms with van der Waals surface area (Å²) in [6, 6.07) is 8.23. The molecule has 0 aliphatic carbocycles. The lowest BCUT2D eigenvalue weighted by Crippen LogP contribution is -2.40. The molecule has 6 heteroatoms. The first-order valence-electron chi connectivity index (χ1n) is 7.41. The summed E-state index contributed by atoms with van der Waals surface area (Å²) < 4.78 is 5.89. The Kier molecular flexibility index (Phi) is 9.02. The normalized spacial score (nSPS) is 17.9. The summed E-state index contributed by atoms with van der Waals surface area (Å²) in [6.07, 6.45) is 2.44. The van der Waals surface area contributed by atoms with Crippen LogP contribution in [0.25, 0.3) is 0 Å². The molecule has 124 valence electrons. The first-order chi connectivity index (χ1) is 10.2. The van der Waals surface area contributed by atoms with Gasteiger partial charge < -0.3 is 10.1 Å². The van der Waals surface area contributed by atoms with Gasteiger partial charge in [-0.1, -0.05) is 28.1 Å². The maximum absolute atomic E-state index is 11.6. The van der Waals surface area contributed by atoms with Crippen LogP contribution < -0.4 is 5.32 Å². The van der Waals surface area contributed by atoms with E-state index < -0.39 is 0 Å². The smallest absolute Gasteiger partial charge is 0.319 e. The third-order valence-electron chi connectivity index (χ3n) is 3.79. The topological polar surface area (TPSA) is 41.6 Å². The second kappa shape index (κ2) is 10.2. The Hall–Kier alpha value is -0.620. The van der Waals surface area contributed by atoms with Gasteiger partial charge in [0.25, 0.3) is 0 Å². The van der Waals surface area contributed by atoms with Gasteiger partial charge in [0.2, 0.25) is 0 Å². The molecule has 0 spiro atoms. The third-order valence-corrected chi connectivity index (χ3v) is 4.28. The molecule has 1 N–H and O–H groups in total. The summed E-state index contributed by atoms with van der Waals surface area (Å²) >= 11 is 3.49. The number of nitrogens with one attached hydrogen (secondary N) is 1. The van der Waals surface area contributed by atoms with Crippen LogP contribution in [-0.4, -0.2) is 44.2 Å². The zero-order valence-corrected chi connectivity index (χ0v) is 15.3. The van der Waals surface area contributed by atoms with E-state index >= 15 is 0 Å². The number of piperidine rings is 1. The Labute approximate surface area is 147 Å². The lowest BCUT2D eigenvalue weighted by molar-refractivity contribution is -0.142. The van der Waals surface area contributed by atoms with E-state index in [0.29, 0.717) is 12.5 Å². The van der Waals surface area contributed by atoms with Gasteiger partial charge in [-0.15, -0.1) is 12.4 Å². The Bertz CT molecular complexity index is 467. The van der Waals surface area contributed by atoms with E-state index in [1.54, 1.807) is 0 Å². The van der Waals surface area contributed by atoms with Crippen molar-refractivity contribution in [3.63, 3.8) is 0 Å². The van der Waals surface area contributed by atoms with E-state index in [0.717, 1.165) is 30.7 Å². The highest BCUT2D eigenvalue weighted by Crippen LogP contribution is 2.16. The molecule has 1 aromatic rings. The standard InChI is InChI=1S/C16H23BrN2O2.ClH/c1-21-16(20)12-19(11-14-5-3-7-18-9-14)10-13-4-2-6-15(17)8-13;/h2,4,6,8,14,18H,3,5,7,9-12H2,1H3;1H. The number of ether oxygens (including phenoxy) is 1. The second-order valence-electron chi connectivity index (χ2n) is 5.59. The largest absolute Gasteiger partial charge is 0.468 e. The van der Waals surface area contributed by atoms with Crippen molar-refractivity contribution < 1.29 is 9.53 Å². The number of halogens is 2. The molecular weight excluding hydrogens is 368 g/mol. The molecule has 1 aliphatic heterocycles. The van der Waals surface area contributed by atoms with Crippen molar-refractivity contribution in [2.45, 2.75) is 19.4 Å². The van der Waals surface area contributed by atoms with E-state index in [-0.39, 0.29) is 18.4 Å². The summed E-state index contributed by atoms with van der Waals surface area (Å²) in [5.74, 6) is 0.435. The number of hydrogen-bond acceptors (Lipinski definition) is 4. The molecule has 0 bridgehead atoms. The lowest BCUT2D eigenvalue weighted by atomic mass is 9.99. The first-order valence-corrected chi connectivity index (χ1v) is 8.21. The zero-order valence-electron chi connectivity index (χ0n) is 12.9. The van der Waals surface area contributed by atoms with E-state index in [1.165, 1.54) is 25.5 Å². The highest BCUT2D eigenvalue weighted by Gasteiger charge is 2.19. The molecule has 1 aromatic carbocycles. The van der Waals surface area contributed by atoms with Gasteiger partial charge in [0.15, 0.2) is 0 Å². The molecule has 0 amide bonds. The predicted octanol–water partition coefficient (Wildman–Crippen LogP) is 2.85. The number of carbonyl (C=O) groups is 1. The molecule has 0 radical (unpaired) electrons. The summed E-state index contributed by atoms with van der Waals surface area (Å²) in [5, 5.41) is 3.43. The summed E-state index contributed by atoms with van der Waals surface area (Å²) in [6.45, 7) is 4.19. The summed E-state index contributed by atoms with van der Waals surface area (Å²) in [7, 11) is 1.45. The molecule has 0 aromatic heterocycles. The number of methoxy groups -OCH3 is 1. The van der Waals surface area contributed by atoms with Gasteiger partial charge in [-0.2, -0.15) is 0 Å². The van der Waals surface area contributed by atoms with Crippen molar-refractivity contribution in [2.75, 3.05) is 33.3 Å². The molecule has 22 heavy (non-hydrogen) atoms. The molecule has 1 aliphatic rings. The fraction of sp³-hybridized carbons (Fsp3) is 0.562. The Morgan fingerprint density at radius 3 is 2.95 bits per heavy atom. The van der Waals surface area contributed by atoms with E-state index in [2.05, 4.69) is 38.3 Å². The Morgan fingerprint density at radius 2 is 2.32 bits per heavy atom. The zero-order chi connectivity index (χ0) is 15.1. The van der Waals surface area contributed by atoms with Crippen LogP contribution in [0.1, 0.15) is 18.4 Å². The Balaban J connectivity index is 0.00000242. The van der Waals surface area contributed by atoms with E-state index in [1.807, 2.05) is 12.1 Å². The van der Waals surface area contributed by atoms with Gasteiger partial charge in [0.1, 0.15) is 0 Å². The van der Waals surface area contributed by atoms with Crippen molar-refractivity contribution in [1.82, 2.24) is 10.2 Å². The monoisotopic (exact) mass is 390 g/mol. The van der Waals surface area contributed by atoms with Crippen LogP contribution in [0.3, 0.4) is 0 Å². The van der Waals surface area contributed by atoms with Crippen molar-refractivity contribution in [3.05, 3.63) is 34.3 Å². The number of hydrogen-bond donors (Lipinski definition) is 1. The quantitative estimate of drug-likeness (QED) is 0.757. The minimum Gasteiger partial charge on any atom is -0.468 e. The van der Waals surface area contributed by atoms with Crippen LogP contribution in [0.4, 0.5) is 0 Å². The Morgan fingerprint density at radius 1 is 1.50 bits per heavy atom. The number of rotatable bonds is 6. The molecule has 1 fully saturated rings. The molecule has 1 heterocycles. The molecule has 1 saturated heterocycles. The number of nitrogens with zero attached hydrogens (tertiary/aromatic N) is 1. The van der Waals surface area contributed by atoms with Crippen molar-refractivity contribution in [2.24, 2.45) is 5.92 Å². The number of esters is 1. The van der Waals surface area contributed by atoms with Crippen LogP contribution in [0.15, 0.2) is 28.7 Å². The SMILES string of the molecule is COC(=O)CN(Cc1cccc(Br)c1)CC1CCCNC1.Cl. The van der Waals surface area contributed by atoms with Crippen molar-refractivity contribution >= 4 is 34.3 Å². The van der Waals surface area contributed by atoms with Crippen LogP contribution in [0, 0.1) is 5.92 Å². The third kappa shape index (κ3) is 6.65. The summed E-state index contributed by atoms with van der Waals surface area (Å²) in [5.41, 5.74) is 1.21. The molecule has 4 nitrogen and oxygen atoms in total. The molecule has 0 saturated carbocycles. The number of carbonyl (C=O) groups excluding carboxylic acids is 1. The van der Waals surface area contributed by atoms with E-state index in [9.17, 15) is 4.79 Å². The fourth-order valence-electron chi connectivity index (χ4n) is 2.77. The summed E-state index contributed by atoms with van der Waals surface area (Å²) in [4.78, 5) is 13.8. The first kappa shape index (κ1) is 19.4. The average Bonchev–Trinajstić information content (AvgIpc) is 2.48. The van der Waals surface area contributed by atoms with Crippen LogP contribution in [0.5, 0.6) is 0 Å². The van der Waals surface area contributed by atoms with Gasteiger partial charge in [-0.25, -0.2) is 0 Å². The van der Waals surface area contributed by atoms with Gasteiger partial charge in [0.05, 0.1) is 13.7 Å². The van der Waals surface area contributed by atoms with Gasteiger partial charge in [-0.05, 0) is 49.5 Å². The van der Waals surface area contributed by atoms with Crippen LogP contribution in [-0.2, 0) is 16.1 Å². The maximum Gasteiger partial charge on any atom is 0.319 e. The minimum absolute atomic E-state index is 0. The van der Waals surface area contributed by atoms with Crippen LogP contribution in [0.2, 0.25) is 0 Å². The van der Waals surface area contributed by atoms with Crippen molar-refractivity contribution in [1.29, 1.82) is 0 Å². The minimum atomic E-state index is -0.172. The number of benzene rings is 1. The predicted molar refractivity (Wildman–Crippen MR) is 94.3 cm³/mol. The molecule has 2 rings (SSSR count). The van der Waals surface area contributed by atoms with Crippen LogP contribution >= 0.6 is 28.3 Å². The highest BCUT2D eigenvalue weighted by atomic mass is 79.9. The molecular formula is C16H24BrClN2O2.